The second-order valence-corrected chi connectivity index (χ2v) is 5.57. The summed E-state index contributed by atoms with van der Waals surface area (Å²) in [4.78, 5) is 0. The molecule has 0 bridgehead atoms. The summed E-state index contributed by atoms with van der Waals surface area (Å²) in [5.74, 6) is 0. The van der Waals surface area contributed by atoms with Crippen molar-refractivity contribution >= 4 is 0 Å². The molecule has 2 heteroatoms. The van der Waals surface area contributed by atoms with Crippen LogP contribution in [0.25, 0.3) is 0 Å². The smallest absolute Gasteiger partial charge is 0.0622 e. The third-order valence-corrected chi connectivity index (χ3v) is 4.37. The van der Waals surface area contributed by atoms with E-state index < -0.39 is 0 Å². The number of hydrogen-bond acceptors (Lipinski definition) is 2. The van der Waals surface area contributed by atoms with Gasteiger partial charge in [0.25, 0.3) is 0 Å². The van der Waals surface area contributed by atoms with Gasteiger partial charge in [-0.3, -0.25) is 0 Å². The predicted octanol–water partition coefficient (Wildman–Crippen LogP) is 3.49. The fraction of sp³-hybridized carbons (Fsp3) is 0.562. The van der Waals surface area contributed by atoms with Crippen molar-refractivity contribution in [1.29, 1.82) is 5.26 Å². The molecule has 1 aromatic rings. The Labute approximate surface area is 110 Å². The Morgan fingerprint density at radius 2 is 1.72 bits per heavy atom. The number of hydrogen-bond donors (Lipinski definition) is 0. The molecule has 0 unspecified atom stereocenters. The molecule has 96 valence electrons. The summed E-state index contributed by atoms with van der Waals surface area (Å²) >= 11 is 0. The van der Waals surface area contributed by atoms with Crippen molar-refractivity contribution in [2.45, 2.75) is 46.0 Å². The maximum atomic E-state index is 8.85. The Morgan fingerprint density at radius 1 is 1.17 bits per heavy atom. The van der Waals surface area contributed by atoms with E-state index >= 15 is 0 Å². The fourth-order valence-electron chi connectivity index (χ4n) is 3.07. The molecule has 0 aliphatic carbocycles. The third-order valence-electron chi connectivity index (χ3n) is 4.37. The Hall–Kier alpha value is -1.33. The summed E-state index contributed by atoms with van der Waals surface area (Å²) in [5, 5.41) is 8.85. The van der Waals surface area contributed by atoms with Gasteiger partial charge in [-0.1, -0.05) is 6.07 Å². The second kappa shape index (κ2) is 4.74. The van der Waals surface area contributed by atoms with Gasteiger partial charge in [-0.2, -0.15) is 5.26 Å². The second-order valence-electron chi connectivity index (χ2n) is 5.57. The molecule has 0 radical (unpaired) electrons. The average molecular weight is 243 g/mol. The van der Waals surface area contributed by atoms with Gasteiger partial charge in [0.1, 0.15) is 0 Å². The Bertz CT molecular complexity index is 481. The molecule has 0 amide bonds. The van der Waals surface area contributed by atoms with Gasteiger partial charge >= 0.3 is 0 Å². The highest BCUT2D eigenvalue weighted by Crippen LogP contribution is 2.41. The zero-order chi connectivity index (χ0) is 13.3. The largest absolute Gasteiger partial charge is 0.379 e. The van der Waals surface area contributed by atoms with Crippen LogP contribution in [0.4, 0.5) is 0 Å². The minimum atomic E-state index is 0.0840. The molecular formula is C16H21NO. The molecule has 2 nitrogen and oxygen atoms in total. The summed E-state index contributed by atoms with van der Waals surface area (Å²) in [6.07, 6.45) is 1.52. The van der Waals surface area contributed by atoms with Gasteiger partial charge in [-0.15, -0.1) is 0 Å². The lowest BCUT2D eigenvalue weighted by Crippen LogP contribution is -2.47. The van der Waals surface area contributed by atoms with Gasteiger partial charge in [-0.25, -0.2) is 0 Å². The minimum Gasteiger partial charge on any atom is -0.379 e. The number of rotatable bonds is 3. The Morgan fingerprint density at radius 3 is 2.11 bits per heavy atom. The van der Waals surface area contributed by atoms with Crippen LogP contribution >= 0.6 is 0 Å². The maximum Gasteiger partial charge on any atom is 0.0622 e. The molecule has 1 aliphatic rings. The lowest BCUT2D eigenvalue weighted by Gasteiger charge is -2.44. The molecule has 0 N–H and O–H groups in total. The van der Waals surface area contributed by atoms with Crippen LogP contribution in [0.15, 0.2) is 6.07 Å². The Kier molecular flexibility index (Phi) is 3.45. The molecule has 18 heavy (non-hydrogen) atoms. The molecule has 0 spiro atoms. The van der Waals surface area contributed by atoms with Gasteiger partial charge in [0.15, 0.2) is 0 Å². The molecule has 1 heterocycles. The highest BCUT2D eigenvalue weighted by molar-refractivity contribution is 5.49. The maximum absolute atomic E-state index is 8.85. The van der Waals surface area contributed by atoms with Crippen molar-refractivity contribution in [3.8, 4) is 6.07 Å². The van der Waals surface area contributed by atoms with Gasteiger partial charge in [0, 0.05) is 11.8 Å². The Balaban J connectivity index is 2.52. The van der Waals surface area contributed by atoms with Crippen LogP contribution in [0.3, 0.4) is 0 Å². The highest BCUT2D eigenvalue weighted by atomic mass is 16.5. The van der Waals surface area contributed by atoms with Crippen LogP contribution in [0.2, 0.25) is 0 Å². The van der Waals surface area contributed by atoms with Gasteiger partial charge in [-0.05, 0) is 61.9 Å². The van der Waals surface area contributed by atoms with Crippen molar-refractivity contribution in [3.05, 3.63) is 33.9 Å². The molecule has 0 saturated carbocycles. The average Bonchev–Trinajstić information content (AvgIpc) is 2.29. The third kappa shape index (κ3) is 1.93. The van der Waals surface area contributed by atoms with E-state index in [0.29, 0.717) is 6.42 Å². The molecule has 2 rings (SSSR count). The first-order chi connectivity index (χ1) is 8.52. The van der Waals surface area contributed by atoms with Crippen LogP contribution in [0.1, 0.15) is 40.7 Å². The molecule has 1 aromatic carbocycles. The van der Waals surface area contributed by atoms with E-state index in [4.69, 9.17) is 10.00 Å². The first-order valence-electron chi connectivity index (χ1n) is 6.54. The highest BCUT2D eigenvalue weighted by Gasteiger charge is 2.42. The zero-order valence-corrected chi connectivity index (χ0v) is 11.8. The summed E-state index contributed by atoms with van der Waals surface area (Å²) < 4.78 is 5.47. The molecule has 1 fully saturated rings. The number of nitriles is 1. The summed E-state index contributed by atoms with van der Waals surface area (Å²) in [5.41, 5.74) is 6.95. The number of nitrogens with zero attached hydrogens (tertiary/aromatic N) is 1. The van der Waals surface area contributed by atoms with E-state index in [1.165, 1.54) is 27.8 Å². The summed E-state index contributed by atoms with van der Waals surface area (Å²) in [6, 6.07) is 4.53. The lowest BCUT2D eigenvalue weighted by molar-refractivity contribution is -0.0643. The quantitative estimate of drug-likeness (QED) is 0.814. The SMILES string of the molecule is Cc1cc(C)c(C)c(C2(CCC#N)COC2)c1C. The van der Waals surface area contributed by atoms with Crippen molar-refractivity contribution in [3.63, 3.8) is 0 Å². The standard InChI is InChI=1S/C16H21NO/c1-11-8-12(2)14(4)15(13(11)3)16(6-5-7-17)9-18-10-16/h8H,5-6,9-10H2,1-4H3. The van der Waals surface area contributed by atoms with Crippen LogP contribution in [-0.2, 0) is 10.2 Å². The molecule has 1 saturated heterocycles. The van der Waals surface area contributed by atoms with E-state index in [2.05, 4.69) is 39.8 Å². The zero-order valence-electron chi connectivity index (χ0n) is 11.8. The van der Waals surface area contributed by atoms with E-state index in [9.17, 15) is 0 Å². The van der Waals surface area contributed by atoms with Gasteiger partial charge < -0.3 is 4.74 Å². The molecule has 0 aromatic heterocycles. The summed E-state index contributed by atoms with van der Waals surface area (Å²) in [6.45, 7) is 10.3. The van der Waals surface area contributed by atoms with Crippen molar-refractivity contribution in [2.75, 3.05) is 13.2 Å². The van der Waals surface area contributed by atoms with Gasteiger partial charge in [0.2, 0.25) is 0 Å². The summed E-state index contributed by atoms with van der Waals surface area (Å²) in [7, 11) is 0. The van der Waals surface area contributed by atoms with E-state index in [0.717, 1.165) is 19.6 Å². The van der Waals surface area contributed by atoms with Crippen LogP contribution < -0.4 is 0 Å². The monoisotopic (exact) mass is 243 g/mol. The van der Waals surface area contributed by atoms with Crippen molar-refractivity contribution in [1.82, 2.24) is 0 Å². The minimum absolute atomic E-state index is 0.0840. The number of ether oxygens (including phenoxy) is 1. The van der Waals surface area contributed by atoms with Crippen LogP contribution in [0.5, 0.6) is 0 Å². The van der Waals surface area contributed by atoms with Crippen LogP contribution in [0, 0.1) is 39.0 Å². The lowest BCUT2D eigenvalue weighted by atomic mass is 9.70. The molecule has 1 aliphatic heterocycles. The molecular weight excluding hydrogens is 222 g/mol. The molecule has 0 atom stereocenters. The van der Waals surface area contributed by atoms with Gasteiger partial charge in [0.05, 0.1) is 19.3 Å². The first kappa shape index (κ1) is 13.1. The number of benzene rings is 1. The normalized spacial score (nSPS) is 17.1. The topological polar surface area (TPSA) is 33.0 Å². The fourth-order valence-corrected chi connectivity index (χ4v) is 3.07. The van der Waals surface area contributed by atoms with E-state index in [-0.39, 0.29) is 5.41 Å². The van der Waals surface area contributed by atoms with Crippen molar-refractivity contribution < 1.29 is 4.74 Å². The van der Waals surface area contributed by atoms with Crippen molar-refractivity contribution in [2.24, 2.45) is 0 Å². The van der Waals surface area contributed by atoms with E-state index in [1.54, 1.807) is 0 Å². The number of aryl methyl sites for hydroxylation is 2. The first-order valence-corrected chi connectivity index (χ1v) is 6.54. The predicted molar refractivity (Wildman–Crippen MR) is 72.7 cm³/mol. The van der Waals surface area contributed by atoms with E-state index in [1.807, 2.05) is 0 Å². The van der Waals surface area contributed by atoms with Crippen LogP contribution in [-0.4, -0.2) is 13.2 Å².